The van der Waals surface area contributed by atoms with E-state index in [-0.39, 0.29) is 5.83 Å². The minimum absolute atomic E-state index is 0.343. The fourth-order valence-corrected chi connectivity index (χ4v) is 0.998. The molecule has 1 rings (SSSR count). The van der Waals surface area contributed by atoms with Crippen molar-refractivity contribution in [3.63, 3.8) is 0 Å². The molecule has 0 unspecified atom stereocenters. The molecule has 0 aliphatic rings. The van der Waals surface area contributed by atoms with Crippen LogP contribution in [-0.4, -0.2) is 11.0 Å². The molecule has 1 aromatic heterocycles. The van der Waals surface area contributed by atoms with Gasteiger partial charge in [0.25, 0.3) is 0 Å². The summed E-state index contributed by atoms with van der Waals surface area (Å²) in [6.07, 6.45) is 2.95. The third-order valence-electron chi connectivity index (χ3n) is 1.49. The van der Waals surface area contributed by atoms with Crippen LogP contribution in [0, 0.1) is 0 Å². The van der Waals surface area contributed by atoms with Crippen molar-refractivity contribution in [2.24, 2.45) is 5.73 Å². The minimum Gasteiger partial charge on any atom is -0.322 e. The maximum atomic E-state index is 13.0. The van der Waals surface area contributed by atoms with E-state index < -0.39 is 6.04 Å². The molecule has 0 aromatic carbocycles. The highest BCUT2D eigenvalue weighted by molar-refractivity contribution is 9.10. The van der Waals surface area contributed by atoms with Crippen LogP contribution in [0.1, 0.15) is 12.5 Å². The molecule has 0 fully saturated rings. The van der Waals surface area contributed by atoms with E-state index in [0.29, 0.717) is 5.56 Å². The maximum absolute atomic E-state index is 13.0. The molecule has 0 aliphatic carbocycles. The number of nitrogens with zero attached hydrogens (tertiary/aromatic N) is 1. The SMILES string of the molecule is C[C@H](N)/C(F)=C/c1ccc(Br)nc1. The Morgan fingerprint density at radius 1 is 1.69 bits per heavy atom. The lowest BCUT2D eigenvalue weighted by Crippen LogP contribution is -2.14. The first-order chi connectivity index (χ1) is 6.09. The predicted octanol–water partition coefficient (Wildman–Crippen LogP) is 2.50. The van der Waals surface area contributed by atoms with Gasteiger partial charge in [0.05, 0.1) is 6.04 Å². The van der Waals surface area contributed by atoms with E-state index >= 15 is 0 Å². The Kier molecular flexibility index (Phi) is 3.57. The lowest BCUT2D eigenvalue weighted by molar-refractivity contribution is 0.568. The summed E-state index contributed by atoms with van der Waals surface area (Å²) in [6.45, 7) is 1.60. The molecular formula is C9H10BrFN2. The zero-order chi connectivity index (χ0) is 9.84. The molecule has 1 atom stereocenters. The van der Waals surface area contributed by atoms with E-state index in [9.17, 15) is 4.39 Å². The van der Waals surface area contributed by atoms with Gasteiger partial charge in [0.2, 0.25) is 0 Å². The smallest absolute Gasteiger partial charge is 0.117 e. The lowest BCUT2D eigenvalue weighted by atomic mass is 10.2. The van der Waals surface area contributed by atoms with Crippen LogP contribution in [0.3, 0.4) is 0 Å². The molecule has 70 valence electrons. The summed E-state index contributed by atoms with van der Waals surface area (Å²) in [5.74, 6) is -0.343. The van der Waals surface area contributed by atoms with E-state index in [4.69, 9.17) is 5.73 Å². The molecule has 1 heterocycles. The second kappa shape index (κ2) is 4.48. The highest BCUT2D eigenvalue weighted by atomic mass is 79.9. The number of aromatic nitrogens is 1. The van der Waals surface area contributed by atoms with Gasteiger partial charge in [0.15, 0.2) is 0 Å². The van der Waals surface area contributed by atoms with E-state index in [1.807, 2.05) is 0 Å². The zero-order valence-electron chi connectivity index (χ0n) is 7.17. The Labute approximate surface area is 84.8 Å². The van der Waals surface area contributed by atoms with Crippen LogP contribution >= 0.6 is 15.9 Å². The summed E-state index contributed by atoms with van der Waals surface area (Å²) >= 11 is 3.19. The number of hydrogen-bond donors (Lipinski definition) is 1. The predicted molar refractivity (Wildman–Crippen MR) is 54.7 cm³/mol. The highest BCUT2D eigenvalue weighted by Gasteiger charge is 2.01. The van der Waals surface area contributed by atoms with Gasteiger partial charge in [-0.05, 0) is 40.6 Å². The second-order valence-electron chi connectivity index (χ2n) is 2.73. The number of hydrogen-bond acceptors (Lipinski definition) is 2. The summed E-state index contributed by atoms with van der Waals surface area (Å²) in [4.78, 5) is 3.96. The zero-order valence-corrected chi connectivity index (χ0v) is 8.75. The van der Waals surface area contributed by atoms with E-state index in [1.54, 1.807) is 25.3 Å². The van der Waals surface area contributed by atoms with Gasteiger partial charge < -0.3 is 5.73 Å². The Bertz CT molecular complexity index is 306. The first-order valence-electron chi connectivity index (χ1n) is 3.84. The lowest BCUT2D eigenvalue weighted by Gasteiger charge is -2.00. The summed E-state index contributed by atoms with van der Waals surface area (Å²) in [7, 11) is 0. The fraction of sp³-hybridized carbons (Fsp3) is 0.222. The van der Waals surface area contributed by atoms with Crippen LogP contribution in [0.2, 0.25) is 0 Å². The quantitative estimate of drug-likeness (QED) is 0.813. The first-order valence-corrected chi connectivity index (χ1v) is 4.63. The number of nitrogens with two attached hydrogens (primary N) is 1. The summed E-state index contributed by atoms with van der Waals surface area (Å²) in [5.41, 5.74) is 6.05. The monoisotopic (exact) mass is 244 g/mol. The van der Waals surface area contributed by atoms with Gasteiger partial charge in [-0.15, -0.1) is 0 Å². The Morgan fingerprint density at radius 3 is 2.85 bits per heavy atom. The second-order valence-corrected chi connectivity index (χ2v) is 3.54. The molecule has 0 saturated heterocycles. The molecule has 2 nitrogen and oxygen atoms in total. The van der Waals surface area contributed by atoms with Gasteiger partial charge in [0.1, 0.15) is 10.4 Å². The summed E-state index contributed by atoms with van der Waals surface area (Å²) in [6, 6.07) is 2.95. The highest BCUT2D eigenvalue weighted by Crippen LogP contribution is 2.11. The normalized spacial score (nSPS) is 14.3. The van der Waals surface area contributed by atoms with Crippen molar-refractivity contribution in [1.82, 2.24) is 4.98 Å². The van der Waals surface area contributed by atoms with Gasteiger partial charge in [0, 0.05) is 6.20 Å². The van der Waals surface area contributed by atoms with Crippen LogP contribution < -0.4 is 5.73 Å². The molecule has 0 amide bonds. The topological polar surface area (TPSA) is 38.9 Å². The van der Waals surface area contributed by atoms with Crippen molar-refractivity contribution in [3.8, 4) is 0 Å². The van der Waals surface area contributed by atoms with Crippen molar-refractivity contribution in [1.29, 1.82) is 0 Å². The molecule has 0 saturated carbocycles. The third-order valence-corrected chi connectivity index (χ3v) is 1.96. The van der Waals surface area contributed by atoms with Crippen LogP contribution in [0.25, 0.3) is 6.08 Å². The largest absolute Gasteiger partial charge is 0.322 e. The Balaban J connectivity index is 2.85. The Morgan fingerprint density at radius 2 is 2.38 bits per heavy atom. The fourth-order valence-electron chi connectivity index (χ4n) is 0.763. The summed E-state index contributed by atoms with van der Waals surface area (Å²) in [5, 5.41) is 0. The standard InChI is InChI=1S/C9H10BrFN2/c1-6(12)8(11)4-7-2-3-9(10)13-5-7/h2-6H,12H2,1H3/b8-4-/t6-/m0/s1. The van der Waals surface area contributed by atoms with Gasteiger partial charge in [-0.3, -0.25) is 0 Å². The van der Waals surface area contributed by atoms with E-state index in [0.717, 1.165) is 4.60 Å². The van der Waals surface area contributed by atoms with Crippen LogP contribution in [0.5, 0.6) is 0 Å². The van der Waals surface area contributed by atoms with Gasteiger partial charge in [-0.25, -0.2) is 9.37 Å². The molecule has 0 radical (unpaired) electrons. The molecule has 0 spiro atoms. The van der Waals surface area contributed by atoms with Crippen LogP contribution in [-0.2, 0) is 0 Å². The molecule has 4 heteroatoms. The van der Waals surface area contributed by atoms with Crippen molar-refractivity contribution in [2.45, 2.75) is 13.0 Å². The molecular weight excluding hydrogens is 235 g/mol. The van der Waals surface area contributed by atoms with E-state index in [1.165, 1.54) is 6.08 Å². The average molecular weight is 245 g/mol. The van der Waals surface area contributed by atoms with Crippen molar-refractivity contribution < 1.29 is 4.39 Å². The average Bonchev–Trinajstić information content (AvgIpc) is 2.08. The maximum Gasteiger partial charge on any atom is 0.117 e. The minimum atomic E-state index is -0.566. The molecule has 0 bridgehead atoms. The van der Waals surface area contributed by atoms with Gasteiger partial charge >= 0.3 is 0 Å². The van der Waals surface area contributed by atoms with E-state index in [2.05, 4.69) is 20.9 Å². The number of pyridine rings is 1. The summed E-state index contributed by atoms with van der Waals surface area (Å²) < 4.78 is 13.7. The molecule has 0 aliphatic heterocycles. The molecule has 2 N–H and O–H groups in total. The van der Waals surface area contributed by atoms with Crippen molar-refractivity contribution in [3.05, 3.63) is 34.3 Å². The number of halogens is 2. The Hall–Kier alpha value is -0.740. The molecule has 13 heavy (non-hydrogen) atoms. The van der Waals surface area contributed by atoms with Crippen LogP contribution in [0.15, 0.2) is 28.8 Å². The molecule has 1 aromatic rings. The van der Waals surface area contributed by atoms with Gasteiger partial charge in [-0.1, -0.05) is 6.07 Å². The third kappa shape index (κ3) is 3.24. The first kappa shape index (κ1) is 10.3. The van der Waals surface area contributed by atoms with Crippen molar-refractivity contribution >= 4 is 22.0 Å². The van der Waals surface area contributed by atoms with Crippen molar-refractivity contribution in [2.75, 3.05) is 0 Å². The van der Waals surface area contributed by atoms with Crippen LogP contribution in [0.4, 0.5) is 4.39 Å². The van der Waals surface area contributed by atoms with Gasteiger partial charge in [-0.2, -0.15) is 0 Å². The number of rotatable bonds is 2.